The summed E-state index contributed by atoms with van der Waals surface area (Å²) in [4.78, 5) is 28.5. The number of nitrogens with zero attached hydrogens (tertiary/aromatic N) is 6. The second-order valence-electron chi connectivity index (χ2n) is 8.09. The van der Waals surface area contributed by atoms with E-state index < -0.39 is 10.8 Å². The zero-order valence-corrected chi connectivity index (χ0v) is 20.5. The summed E-state index contributed by atoms with van der Waals surface area (Å²) in [6.07, 6.45) is 4.91. The van der Waals surface area contributed by atoms with Crippen LogP contribution in [0.4, 0.5) is 11.4 Å². The van der Waals surface area contributed by atoms with Crippen molar-refractivity contribution in [1.29, 1.82) is 0 Å². The Kier molecular flexibility index (Phi) is 6.28. The third-order valence-electron chi connectivity index (χ3n) is 5.60. The normalized spacial score (nSPS) is 11.0. The molecule has 3 aromatic heterocycles. The molecule has 5 aromatic rings. The maximum atomic E-state index is 13.2. The highest BCUT2D eigenvalue weighted by molar-refractivity contribution is 6.30. The molecular weight excluding hydrogens is 498 g/mol. The zero-order chi connectivity index (χ0) is 26.1. The minimum absolute atomic E-state index is 0.176. The number of anilines is 1. The fourth-order valence-corrected chi connectivity index (χ4v) is 3.97. The summed E-state index contributed by atoms with van der Waals surface area (Å²) in [5, 5.41) is 23.6. The van der Waals surface area contributed by atoms with Crippen LogP contribution >= 0.6 is 11.6 Å². The van der Waals surface area contributed by atoms with Crippen molar-refractivity contribution < 1.29 is 14.5 Å². The lowest BCUT2D eigenvalue weighted by Crippen LogP contribution is -2.12. The van der Waals surface area contributed by atoms with E-state index in [1.54, 1.807) is 41.0 Å². The fraction of sp³-hybridized carbons (Fsp3) is 0.120. The molecule has 0 bridgehead atoms. The molecule has 3 heterocycles. The van der Waals surface area contributed by atoms with Gasteiger partial charge in [0.05, 0.1) is 34.3 Å². The first-order valence-corrected chi connectivity index (χ1v) is 11.6. The van der Waals surface area contributed by atoms with E-state index >= 15 is 0 Å². The lowest BCUT2D eigenvalue weighted by Gasteiger charge is -2.09. The monoisotopic (exact) mass is 517 g/mol. The van der Waals surface area contributed by atoms with Gasteiger partial charge < -0.3 is 10.1 Å². The molecule has 1 N–H and O–H groups in total. The van der Waals surface area contributed by atoms with Crippen molar-refractivity contribution in [3.05, 3.63) is 93.5 Å². The SMILES string of the molecule is CCn1cc(-c2ccnc3c(C(=O)Nc4cc(Oc5ccc(Cl)cc5)cc([N+](=O)[O-])c4)cnn23)c(C)n1. The Morgan fingerprint density at radius 1 is 1.16 bits per heavy atom. The van der Waals surface area contributed by atoms with E-state index in [4.69, 9.17) is 16.3 Å². The van der Waals surface area contributed by atoms with Crippen LogP contribution in [0, 0.1) is 17.0 Å². The second kappa shape index (κ2) is 9.70. The molecule has 5 rings (SSSR count). The average molecular weight is 518 g/mol. The largest absolute Gasteiger partial charge is 0.457 e. The maximum absolute atomic E-state index is 13.2. The second-order valence-corrected chi connectivity index (χ2v) is 8.53. The minimum atomic E-state index is -0.563. The fourth-order valence-electron chi connectivity index (χ4n) is 3.84. The molecule has 37 heavy (non-hydrogen) atoms. The van der Waals surface area contributed by atoms with Crippen molar-refractivity contribution >= 4 is 34.5 Å². The van der Waals surface area contributed by atoms with Gasteiger partial charge in [0, 0.05) is 41.7 Å². The predicted octanol–water partition coefficient (Wildman–Crippen LogP) is 5.53. The highest BCUT2D eigenvalue weighted by atomic mass is 35.5. The van der Waals surface area contributed by atoms with E-state index in [-0.39, 0.29) is 22.7 Å². The number of carbonyl (C=O) groups is 1. The van der Waals surface area contributed by atoms with E-state index in [0.717, 1.165) is 23.5 Å². The summed E-state index contributed by atoms with van der Waals surface area (Å²) in [6, 6.07) is 12.3. The first-order valence-electron chi connectivity index (χ1n) is 11.2. The number of benzene rings is 2. The van der Waals surface area contributed by atoms with Gasteiger partial charge in [0.2, 0.25) is 0 Å². The molecule has 0 radical (unpaired) electrons. The Balaban J connectivity index is 1.46. The highest BCUT2D eigenvalue weighted by Crippen LogP contribution is 2.31. The summed E-state index contributed by atoms with van der Waals surface area (Å²) >= 11 is 5.91. The summed E-state index contributed by atoms with van der Waals surface area (Å²) in [5.41, 5.74) is 2.89. The minimum Gasteiger partial charge on any atom is -0.457 e. The third kappa shape index (κ3) is 4.84. The number of aryl methyl sites for hydroxylation is 2. The van der Waals surface area contributed by atoms with Crippen LogP contribution in [0.15, 0.2) is 67.1 Å². The number of rotatable bonds is 7. The zero-order valence-electron chi connectivity index (χ0n) is 19.8. The quantitative estimate of drug-likeness (QED) is 0.222. The van der Waals surface area contributed by atoms with Gasteiger partial charge in [-0.3, -0.25) is 19.6 Å². The van der Waals surface area contributed by atoms with Crippen molar-refractivity contribution in [3.63, 3.8) is 0 Å². The van der Waals surface area contributed by atoms with Gasteiger partial charge in [0.1, 0.15) is 17.1 Å². The predicted molar refractivity (Wildman–Crippen MR) is 137 cm³/mol. The Morgan fingerprint density at radius 3 is 2.65 bits per heavy atom. The molecule has 0 aliphatic rings. The van der Waals surface area contributed by atoms with Crippen LogP contribution in [0.5, 0.6) is 11.5 Å². The number of fused-ring (bicyclic) bond motifs is 1. The van der Waals surface area contributed by atoms with Gasteiger partial charge in [0.25, 0.3) is 11.6 Å². The van der Waals surface area contributed by atoms with Crippen LogP contribution in [0.25, 0.3) is 16.9 Å². The molecule has 12 heteroatoms. The number of aromatic nitrogens is 5. The Bertz CT molecular complexity index is 1640. The van der Waals surface area contributed by atoms with Crippen LogP contribution < -0.4 is 10.1 Å². The lowest BCUT2D eigenvalue weighted by molar-refractivity contribution is -0.384. The molecule has 0 saturated heterocycles. The summed E-state index contributed by atoms with van der Waals surface area (Å²) in [7, 11) is 0. The van der Waals surface area contributed by atoms with Crippen LogP contribution in [0.3, 0.4) is 0 Å². The summed E-state index contributed by atoms with van der Waals surface area (Å²) in [6.45, 7) is 4.61. The number of hydrogen-bond donors (Lipinski definition) is 1. The van der Waals surface area contributed by atoms with Crippen molar-refractivity contribution in [2.75, 3.05) is 5.32 Å². The number of carbonyl (C=O) groups excluding carboxylic acids is 1. The first kappa shape index (κ1) is 23.9. The number of nitrogens with one attached hydrogen (secondary N) is 1. The smallest absolute Gasteiger partial charge is 0.275 e. The molecule has 11 nitrogen and oxygen atoms in total. The van der Waals surface area contributed by atoms with Crippen molar-refractivity contribution in [2.24, 2.45) is 0 Å². The molecule has 0 spiro atoms. The Labute approximate surface area is 215 Å². The molecular formula is C25H20ClN7O4. The third-order valence-corrected chi connectivity index (χ3v) is 5.85. The maximum Gasteiger partial charge on any atom is 0.275 e. The van der Waals surface area contributed by atoms with Gasteiger partial charge in [-0.05, 0) is 44.2 Å². The number of amides is 1. The number of nitro benzene ring substituents is 1. The van der Waals surface area contributed by atoms with Crippen LogP contribution in [-0.2, 0) is 6.54 Å². The van der Waals surface area contributed by atoms with E-state index in [1.807, 2.05) is 24.7 Å². The highest BCUT2D eigenvalue weighted by Gasteiger charge is 2.20. The lowest BCUT2D eigenvalue weighted by atomic mass is 10.2. The number of nitro groups is 1. The molecule has 0 saturated carbocycles. The molecule has 0 aliphatic heterocycles. The standard InChI is InChI=1S/C25H20ClN7O4/c1-3-31-14-22(15(2)30-31)23-8-9-27-24-21(13-28-32(23)24)25(34)29-17-10-18(33(35)36)12-20(11-17)37-19-6-4-16(26)5-7-19/h4-14H,3H2,1-2H3,(H,29,34). The van der Waals surface area contributed by atoms with Gasteiger partial charge in [0.15, 0.2) is 5.65 Å². The van der Waals surface area contributed by atoms with Crippen LogP contribution in [0.1, 0.15) is 23.0 Å². The van der Waals surface area contributed by atoms with Gasteiger partial charge in [-0.25, -0.2) is 9.50 Å². The summed E-state index contributed by atoms with van der Waals surface area (Å²) < 4.78 is 9.13. The van der Waals surface area contributed by atoms with E-state index in [0.29, 0.717) is 16.4 Å². The molecule has 0 fully saturated rings. The first-order chi connectivity index (χ1) is 17.8. The van der Waals surface area contributed by atoms with Gasteiger partial charge in [-0.15, -0.1) is 0 Å². The van der Waals surface area contributed by atoms with Gasteiger partial charge in [-0.1, -0.05) is 11.6 Å². The number of non-ortho nitro benzene ring substituents is 1. The van der Waals surface area contributed by atoms with E-state index in [9.17, 15) is 14.9 Å². The van der Waals surface area contributed by atoms with E-state index in [1.165, 1.54) is 24.4 Å². The topological polar surface area (TPSA) is 129 Å². The average Bonchev–Trinajstić information content (AvgIpc) is 3.48. The van der Waals surface area contributed by atoms with Crippen molar-refractivity contribution in [2.45, 2.75) is 20.4 Å². The number of ether oxygens (including phenoxy) is 1. The van der Waals surface area contributed by atoms with Gasteiger partial charge >= 0.3 is 0 Å². The number of halogens is 1. The van der Waals surface area contributed by atoms with Gasteiger partial charge in [-0.2, -0.15) is 10.2 Å². The Hall–Kier alpha value is -4.77. The van der Waals surface area contributed by atoms with Crippen LogP contribution in [0.2, 0.25) is 5.02 Å². The van der Waals surface area contributed by atoms with Crippen LogP contribution in [-0.4, -0.2) is 35.2 Å². The molecule has 186 valence electrons. The number of hydrogen-bond acceptors (Lipinski definition) is 7. The Morgan fingerprint density at radius 2 is 1.95 bits per heavy atom. The molecule has 2 aromatic carbocycles. The van der Waals surface area contributed by atoms with Crippen molar-refractivity contribution in [1.82, 2.24) is 24.4 Å². The summed E-state index contributed by atoms with van der Waals surface area (Å²) in [5.74, 6) is 0.0808. The molecule has 0 atom stereocenters. The van der Waals surface area contributed by atoms with E-state index in [2.05, 4.69) is 20.5 Å². The van der Waals surface area contributed by atoms with Crippen molar-refractivity contribution in [3.8, 4) is 22.8 Å². The molecule has 0 unspecified atom stereocenters. The molecule has 1 amide bonds. The molecule has 0 aliphatic carbocycles.